The average Bonchev–Trinajstić information content (AvgIpc) is 2.63. The van der Waals surface area contributed by atoms with Crippen LogP contribution in [0.4, 0.5) is 4.39 Å². The van der Waals surface area contributed by atoms with Crippen LogP contribution >= 0.6 is 0 Å². The van der Waals surface area contributed by atoms with Crippen LogP contribution in [0.25, 0.3) is 6.08 Å². The molecule has 16 heavy (non-hydrogen) atoms. The second-order valence-electron chi connectivity index (χ2n) is 3.30. The number of rotatable bonds is 2. The Balaban J connectivity index is 2.35. The molecule has 0 spiro atoms. The molecule has 0 unspecified atom stereocenters. The van der Waals surface area contributed by atoms with Crippen molar-refractivity contribution in [3.8, 4) is 0 Å². The summed E-state index contributed by atoms with van der Waals surface area (Å²) in [5.41, 5.74) is 0.470. The lowest BCUT2D eigenvalue weighted by Gasteiger charge is -1.95. The summed E-state index contributed by atoms with van der Waals surface area (Å²) in [5, 5.41) is 0. The Hall–Kier alpha value is -1.97. The predicted octanol–water partition coefficient (Wildman–Crippen LogP) is 2.53. The van der Waals surface area contributed by atoms with Gasteiger partial charge in [-0.05, 0) is 12.1 Å². The molecule has 0 saturated carbocycles. The molecule has 1 aliphatic heterocycles. The topological polar surface area (TPSA) is 38.7 Å². The van der Waals surface area contributed by atoms with Crippen LogP contribution in [0.5, 0.6) is 0 Å². The number of halogens is 1. The van der Waals surface area contributed by atoms with Crippen LogP contribution in [0, 0.1) is 5.82 Å². The van der Waals surface area contributed by atoms with Crippen LogP contribution in [0.2, 0.25) is 0 Å². The number of aliphatic imine (C=N–C) groups is 1. The van der Waals surface area contributed by atoms with Gasteiger partial charge < -0.3 is 4.74 Å². The zero-order valence-electron chi connectivity index (χ0n) is 8.74. The zero-order chi connectivity index (χ0) is 11.5. The third-order valence-corrected chi connectivity index (χ3v) is 2.16. The van der Waals surface area contributed by atoms with E-state index in [1.807, 2.05) is 6.92 Å². The van der Waals surface area contributed by atoms with Crippen molar-refractivity contribution in [1.82, 2.24) is 0 Å². The second kappa shape index (κ2) is 4.26. The zero-order valence-corrected chi connectivity index (χ0v) is 8.74. The molecule has 0 bridgehead atoms. The van der Waals surface area contributed by atoms with Gasteiger partial charge in [-0.2, -0.15) is 0 Å². The summed E-state index contributed by atoms with van der Waals surface area (Å²) >= 11 is 0. The van der Waals surface area contributed by atoms with Crippen LogP contribution in [-0.4, -0.2) is 11.9 Å². The normalized spacial score (nSPS) is 17.5. The highest BCUT2D eigenvalue weighted by atomic mass is 19.1. The summed E-state index contributed by atoms with van der Waals surface area (Å²) < 4.78 is 18.2. The van der Waals surface area contributed by atoms with E-state index < -0.39 is 5.97 Å². The molecule has 1 aliphatic rings. The number of carbonyl (C=O) groups excluding carboxylic acids is 1. The van der Waals surface area contributed by atoms with Gasteiger partial charge in [-0.15, -0.1) is 0 Å². The van der Waals surface area contributed by atoms with Gasteiger partial charge >= 0.3 is 5.97 Å². The summed E-state index contributed by atoms with van der Waals surface area (Å²) in [7, 11) is 0. The van der Waals surface area contributed by atoms with E-state index in [9.17, 15) is 9.18 Å². The number of ether oxygens (including phenoxy) is 1. The summed E-state index contributed by atoms with van der Waals surface area (Å²) in [4.78, 5) is 15.3. The first-order chi connectivity index (χ1) is 7.70. The standard InChI is InChI=1S/C12H10FNO2/c1-2-11-14-10(12(15)16-11)7-8-5-3-4-6-9(8)13/h3-7H,2H2,1H3/b10-7-. The first-order valence-corrected chi connectivity index (χ1v) is 4.96. The fourth-order valence-corrected chi connectivity index (χ4v) is 1.34. The van der Waals surface area contributed by atoms with Crippen molar-refractivity contribution in [2.75, 3.05) is 0 Å². The van der Waals surface area contributed by atoms with Crippen molar-refractivity contribution in [3.05, 3.63) is 41.3 Å². The Bertz CT molecular complexity index is 492. The Morgan fingerprint density at radius 3 is 2.81 bits per heavy atom. The van der Waals surface area contributed by atoms with Gasteiger partial charge in [0.1, 0.15) is 5.82 Å². The predicted molar refractivity (Wildman–Crippen MR) is 58.2 cm³/mol. The highest BCUT2D eigenvalue weighted by Gasteiger charge is 2.21. The number of carbonyl (C=O) groups is 1. The van der Waals surface area contributed by atoms with E-state index >= 15 is 0 Å². The molecule has 0 N–H and O–H groups in total. The minimum absolute atomic E-state index is 0.141. The number of benzene rings is 1. The monoisotopic (exact) mass is 219 g/mol. The molecule has 0 amide bonds. The Kier molecular flexibility index (Phi) is 2.81. The smallest absolute Gasteiger partial charge is 0.363 e. The average molecular weight is 219 g/mol. The van der Waals surface area contributed by atoms with E-state index in [-0.39, 0.29) is 11.5 Å². The molecule has 0 saturated heterocycles. The number of nitrogens with zero attached hydrogens (tertiary/aromatic N) is 1. The van der Waals surface area contributed by atoms with E-state index in [0.717, 1.165) is 0 Å². The van der Waals surface area contributed by atoms with Crippen LogP contribution < -0.4 is 0 Å². The van der Waals surface area contributed by atoms with E-state index in [2.05, 4.69) is 4.99 Å². The van der Waals surface area contributed by atoms with Crippen molar-refractivity contribution >= 4 is 17.9 Å². The fourth-order valence-electron chi connectivity index (χ4n) is 1.34. The molecule has 0 atom stereocenters. The SMILES string of the molecule is CCC1=N/C(=C\c2ccccc2F)C(=O)O1. The molecule has 0 aromatic heterocycles. The summed E-state index contributed by atoms with van der Waals surface area (Å²) in [6.45, 7) is 1.83. The summed E-state index contributed by atoms with van der Waals surface area (Å²) in [6, 6.07) is 6.19. The molecule has 1 heterocycles. The number of cyclic esters (lactones) is 1. The van der Waals surface area contributed by atoms with E-state index in [1.165, 1.54) is 12.1 Å². The maximum Gasteiger partial charge on any atom is 0.363 e. The summed E-state index contributed by atoms with van der Waals surface area (Å²) in [6.07, 6.45) is 1.93. The van der Waals surface area contributed by atoms with Crippen molar-refractivity contribution in [2.45, 2.75) is 13.3 Å². The highest BCUT2D eigenvalue weighted by Crippen LogP contribution is 2.18. The highest BCUT2D eigenvalue weighted by molar-refractivity contribution is 6.07. The van der Waals surface area contributed by atoms with Gasteiger partial charge in [-0.3, -0.25) is 0 Å². The second-order valence-corrected chi connectivity index (χ2v) is 3.30. The fraction of sp³-hybridized carbons (Fsp3) is 0.167. The number of hydrogen-bond donors (Lipinski definition) is 0. The van der Waals surface area contributed by atoms with E-state index in [0.29, 0.717) is 17.9 Å². The van der Waals surface area contributed by atoms with Gasteiger partial charge in [0.05, 0.1) is 0 Å². The third-order valence-electron chi connectivity index (χ3n) is 2.16. The molecule has 4 heteroatoms. The minimum Gasteiger partial charge on any atom is -0.407 e. The lowest BCUT2D eigenvalue weighted by atomic mass is 10.2. The van der Waals surface area contributed by atoms with Gasteiger partial charge in [0.25, 0.3) is 0 Å². The Morgan fingerprint density at radius 2 is 2.19 bits per heavy atom. The van der Waals surface area contributed by atoms with Gasteiger partial charge in [0.2, 0.25) is 0 Å². The van der Waals surface area contributed by atoms with Crippen molar-refractivity contribution < 1.29 is 13.9 Å². The van der Waals surface area contributed by atoms with Crippen molar-refractivity contribution in [1.29, 1.82) is 0 Å². The van der Waals surface area contributed by atoms with Gasteiger partial charge in [0, 0.05) is 12.0 Å². The van der Waals surface area contributed by atoms with Crippen LogP contribution in [-0.2, 0) is 9.53 Å². The first-order valence-electron chi connectivity index (χ1n) is 4.96. The minimum atomic E-state index is -0.528. The maximum atomic E-state index is 13.3. The number of esters is 1. The van der Waals surface area contributed by atoms with Gasteiger partial charge in [-0.1, -0.05) is 25.1 Å². The third kappa shape index (κ3) is 2.00. The molecule has 2 rings (SSSR count). The van der Waals surface area contributed by atoms with Crippen molar-refractivity contribution in [3.63, 3.8) is 0 Å². The Morgan fingerprint density at radius 1 is 1.44 bits per heavy atom. The van der Waals surface area contributed by atoms with E-state index in [4.69, 9.17) is 4.74 Å². The summed E-state index contributed by atoms with van der Waals surface area (Å²) in [5.74, 6) is -0.546. The lowest BCUT2D eigenvalue weighted by Crippen LogP contribution is -2.02. The molecule has 1 aromatic rings. The van der Waals surface area contributed by atoms with Crippen LogP contribution in [0.1, 0.15) is 18.9 Å². The number of hydrogen-bond acceptors (Lipinski definition) is 3. The molecular formula is C12H10FNO2. The van der Waals surface area contributed by atoms with Crippen LogP contribution in [0.3, 0.4) is 0 Å². The van der Waals surface area contributed by atoms with Gasteiger partial charge in [0.15, 0.2) is 11.6 Å². The Labute approximate surface area is 92.3 Å². The maximum absolute atomic E-state index is 13.3. The van der Waals surface area contributed by atoms with Gasteiger partial charge in [-0.25, -0.2) is 14.2 Å². The quantitative estimate of drug-likeness (QED) is 0.566. The molecule has 0 radical (unpaired) electrons. The molecular weight excluding hydrogens is 209 g/mol. The lowest BCUT2D eigenvalue weighted by molar-refractivity contribution is -0.130. The van der Waals surface area contributed by atoms with E-state index in [1.54, 1.807) is 18.2 Å². The van der Waals surface area contributed by atoms with Crippen molar-refractivity contribution in [2.24, 2.45) is 4.99 Å². The molecule has 0 fully saturated rings. The molecule has 1 aromatic carbocycles. The molecule has 3 nitrogen and oxygen atoms in total. The van der Waals surface area contributed by atoms with Crippen LogP contribution in [0.15, 0.2) is 35.0 Å². The largest absolute Gasteiger partial charge is 0.407 e. The molecule has 0 aliphatic carbocycles. The first kappa shape index (κ1) is 10.5. The molecule has 82 valence electrons.